The van der Waals surface area contributed by atoms with E-state index in [0.717, 1.165) is 69.0 Å². The molecule has 0 saturated carbocycles. The number of amides is 1. The molecule has 2 aliphatic rings. The molecular weight excluding hydrogens is 586 g/mol. The number of carbonyl (C=O) groups is 1. The van der Waals surface area contributed by atoms with E-state index in [-0.39, 0.29) is 28.7 Å². The zero-order valence-corrected chi connectivity index (χ0v) is 24.7. The fourth-order valence-electron chi connectivity index (χ4n) is 5.83. The number of carbonyl (C=O) groups excluding carboxylic acids is 1. The second kappa shape index (κ2) is 12.6. The molecule has 230 valence electrons. The maximum atomic E-state index is 13.2. The van der Waals surface area contributed by atoms with Crippen molar-refractivity contribution in [1.82, 2.24) is 14.6 Å². The normalized spacial score (nSPS) is 16.9. The van der Waals surface area contributed by atoms with Crippen LogP contribution in [0.1, 0.15) is 36.0 Å². The highest BCUT2D eigenvalue weighted by Gasteiger charge is 2.29. The van der Waals surface area contributed by atoms with E-state index < -0.39 is 25.7 Å². The lowest BCUT2D eigenvalue weighted by atomic mass is 9.99. The largest absolute Gasteiger partial charge is 0.457 e. The summed E-state index contributed by atoms with van der Waals surface area (Å²) in [6.45, 7) is 3.30. The van der Waals surface area contributed by atoms with Gasteiger partial charge in [0.2, 0.25) is 0 Å². The molecular formula is C31H33N5O7S. The summed E-state index contributed by atoms with van der Waals surface area (Å²) in [5.74, 6) is -0.305. The van der Waals surface area contributed by atoms with Crippen LogP contribution in [0.5, 0.6) is 11.5 Å². The zero-order chi connectivity index (χ0) is 30.7. The third-order valence-electron chi connectivity index (χ3n) is 8.18. The number of para-hydroxylation sites is 1. The van der Waals surface area contributed by atoms with Crippen LogP contribution in [0.3, 0.4) is 0 Å². The summed E-state index contributed by atoms with van der Waals surface area (Å²) in [4.78, 5) is 29.7. The standard InChI is InChI=1S/C31H33N5O7S/c37-31(26-3-1-2-4-30(26)43-24-5-7-27-21(19-24)9-14-32-27)34-44(40,41)25-6-8-28(29(20-25)36(38)39)33-22-10-15-35(16-11-22)23-12-17-42-18-13-23/h1-9,14,19-20,22-23,32-33H,10-13,15-18H2,(H,34,37). The number of benzene rings is 3. The number of nitro groups is 1. The van der Waals surface area contributed by atoms with Crippen LogP contribution in [0, 0.1) is 10.1 Å². The second-order valence-corrected chi connectivity index (χ2v) is 12.7. The van der Waals surface area contributed by atoms with Gasteiger partial charge in [-0.2, -0.15) is 0 Å². The number of nitrogens with one attached hydrogen (secondary N) is 3. The molecule has 1 amide bonds. The topological polar surface area (TPSA) is 156 Å². The van der Waals surface area contributed by atoms with Crippen LogP contribution in [-0.4, -0.2) is 67.5 Å². The third kappa shape index (κ3) is 6.54. The maximum Gasteiger partial charge on any atom is 0.293 e. The quantitative estimate of drug-likeness (QED) is 0.172. The summed E-state index contributed by atoms with van der Waals surface area (Å²) in [5, 5.41) is 16.1. The molecule has 0 bridgehead atoms. The van der Waals surface area contributed by atoms with Crippen LogP contribution in [0.25, 0.3) is 10.9 Å². The number of anilines is 1. The van der Waals surface area contributed by atoms with Crippen molar-refractivity contribution in [2.45, 2.75) is 42.7 Å². The van der Waals surface area contributed by atoms with Crippen LogP contribution in [0.2, 0.25) is 0 Å². The molecule has 2 aliphatic heterocycles. The minimum absolute atomic E-state index is 0.00915. The molecule has 0 aliphatic carbocycles. The minimum Gasteiger partial charge on any atom is -0.457 e. The smallest absolute Gasteiger partial charge is 0.293 e. The molecule has 3 heterocycles. The number of nitro benzene ring substituents is 1. The van der Waals surface area contributed by atoms with E-state index in [1.54, 1.807) is 36.5 Å². The Bertz CT molecular complexity index is 1780. The van der Waals surface area contributed by atoms with Gasteiger partial charge in [-0.3, -0.25) is 14.9 Å². The number of aromatic nitrogens is 1. The number of ether oxygens (including phenoxy) is 2. The van der Waals surface area contributed by atoms with Gasteiger partial charge in [-0.25, -0.2) is 13.1 Å². The average molecular weight is 620 g/mol. The molecule has 44 heavy (non-hydrogen) atoms. The van der Waals surface area contributed by atoms with Crippen LogP contribution in [0.15, 0.2) is 77.8 Å². The molecule has 2 fully saturated rings. The summed E-state index contributed by atoms with van der Waals surface area (Å²) in [7, 11) is -4.45. The predicted molar refractivity (Wildman–Crippen MR) is 165 cm³/mol. The molecule has 0 unspecified atom stereocenters. The van der Waals surface area contributed by atoms with Gasteiger partial charge in [-0.15, -0.1) is 0 Å². The van der Waals surface area contributed by atoms with Gasteiger partial charge in [0.25, 0.3) is 21.6 Å². The molecule has 3 aromatic carbocycles. The van der Waals surface area contributed by atoms with Gasteiger partial charge >= 0.3 is 0 Å². The second-order valence-electron chi connectivity index (χ2n) is 11.0. The number of likely N-dealkylation sites (tertiary alicyclic amines) is 1. The number of aromatic amines is 1. The minimum atomic E-state index is -4.45. The molecule has 1 aromatic heterocycles. The third-order valence-corrected chi connectivity index (χ3v) is 9.51. The van der Waals surface area contributed by atoms with Crippen molar-refractivity contribution in [2.24, 2.45) is 0 Å². The summed E-state index contributed by atoms with van der Waals surface area (Å²) >= 11 is 0. The van der Waals surface area contributed by atoms with Gasteiger partial charge in [0.15, 0.2) is 0 Å². The first-order valence-corrected chi connectivity index (χ1v) is 16.0. The summed E-state index contributed by atoms with van der Waals surface area (Å²) in [6, 6.07) is 17.6. The van der Waals surface area contributed by atoms with E-state index in [1.807, 2.05) is 16.9 Å². The van der Waals surface area contributed by atoms with E-state index in [1.165, 1.54) is 18.2 Å². The number of rotatable bonds is 9. The van der Waals surface area contributed by atoms with Crippen molar-refractivity contribution in [3.8, 4) is 11.5 Å². The molecule has 6 rings (SSSR count). The van der Waals surface area contributed by atoms with E-state index in [4.69, 9.17) is 9.47 Å². The van der Waals surface area contributed by atoms with Crippen LogP contribution < -0.4 is 14.8 Å². The van der Waals surface area contributed by atoms with E-state index in [9.17, 15) is 23.3 Å². The van der Waals surface area contributed by atoms with Crippen LogP contribution in [-0.2, 0) is 14.8 Å². The Hall–Kier alpha value is -4.46. The lowest BCUT2D eigenvalue weighted by molar-refractivity contribution is -0.384. The molecule has 2 saturated heterocycles. The van der Waals surface area contributed by atoms with Crippen molar-refractivity contribution >= 4 is 38.2 Å². The first kappa shape index (κ1) is 29.6. The predicted octanol–water partition coefficient (Wildman–Crippen LogP) is 5.04. The fourth-order valence-corrected chi connectivity index (χ4v) is 6.82. The van der Waals surface area contributed by atoms with Crippen molar-refractivity contribution in [3.63, 3.8) is 0 Å². The monoisotopic (exact) mass is 619 g/mol. The Balaban J connectivity index is 1.14. The van der Waals surface area contributed by atoms with Gasteiger partial charge in [0, 0.05) is 61.6 Å². The van der Waals surface area contributed by atoms with E-state index in [2.05, 4.69) is 15.2 Å². The molecule has 0 spiro atoms. The highest BCUT2D eigenvalue weighted by molar-refractivity contribution is 7.90. The summed E-state index contributed by atoms with van der Waals surface area (Å²) in [6.07, 6.45) is 5.44. The Kier molecular flexibility index (Phi) is 8.51. The number of sulfonamides is 1. The van der Waals surface area contributed by atoms with E-state index >= 15 is 0 Å². The van der Waals surface area contributed by atoms with Gasteiger partial charge in [-0.05, 0) is 74.2 Å². The van der Waals surface area contributed by atoms with Gasteiger partial charge in [0.05, 0.1) is 15.4 Å². The Morgan fingerprint density at radius 2 is 1.77 bits per heavy atom. The average Bonchev–Trinajstić information content (AvgIpc) is 3.50. The molecule has 4 aromatic rings. The number of H-pyrrole nitrogens is 1. The zero-order valence-electron chi connectivity index (χ0n) is 23.9. The lowest BCUT2D eigenvalue weighted by Crippen LogP contribution is -2.46. The van der Waals surface area contributed by atoms with Gasteiger partial charge < -0.3 is 24.7 Å². The Morgan fingerprint density at radius 3 is 2.55 bits per heavy atom. The van der Waals surface area contributed by atoms with Crippen molar-refractivity contribution in [3.05, 3.63) is 88.6 Å². The van der Waals surface area contributed by atoms with E-state index in [0.29, 0.717) is 11.8 Å². The molecule has 12 nitrogen and oxygen atoms in total. The highest BCUT2D eigenvalue weighted by Crippen LogP contribution is 2.31. The SMILES string of the molecule is O=C(NS(=O)(=O)c1ccc(NC2CCN(C3CCOCC3)CC2)c([N+](=O)[O-])c1)c1ccccc1Oc1ccc2[nH]ccc2c1. The van der Waals surface area contributed by atoms with Crippen molar-refractivity contribution < 1.29 is 27.6 Å². The number of piperidine rings is 1. The fraction of sp³-hybridized carbons (Fsp3) is 0.323. The molecule has 3 N–H and O–H groups in total. The number of nitrogens with zero attached hydrogens (tertiary/aromatic N) is 2. The first-order chi connectivity index (χ1) is 21.3. The Morgan fingerprint density at radius 1 is 1.00 bits per heavy atom. The highest BCUT2D eigenvalue weighted by atomic mass is 32.2. The maximum absolute atomic E-state index is 13.2. The van der Waals surface area contributed by atoms with Crippen LogP contribution >= 0.6 is 0 Å². The number of hydrogen-bond acceptors (Lipinski definition) is 9. The summed E-state index contributed by atoms with van der Waals surface area (Å²) in [5.41, 5.74) is 0.768. The van der Waals surface area contributed by atoms with Crippen molar-refractivity contribution in [2.75, 3.05) is 31.6 Å². The molecule has 13 heteroatoms. The Labute approximate surface area is 254 Å². The number of fused-ring (bicyclic) bond motifs is 1. The summed E-state index contributed by atoms with van der Waals surface area (Å²) < 4.78 is 39.9. The van der Waals surface area contributed by atoms with Gasteiger partial charge in [0.1, 0.15) is 17.2 Å². The number of hydrogen-bond donors (Lipinski definition) is 3. The van der Waals surface area contributed by atoms with Gasteiger partial charge in [-0.1, -0.05) is 12.1 Å². The molecule has 0 radical (unpaired) electrons. The lowest BCUT2D eigenvalue weighted by Gasteiger charge is -2.39. The van der Waals surface area contributed by atoms with Crippen LogP contribution in [0.4, 0.5) is 11.4 Å². The molecule has 0 atom stereocenters. The van der Waals surface area contributed by atoms with Crippen molar-refractivity contribution in [1.29, 1.82) is 0 Å². The first-order valence-electron chi connectivity index (χ1n) is 14.5.